The molecule has 398 valence electrons. The summed E-state index contributed by atoms with van der Waals surface area (Å²) in [6.45, 7) is 4.86. The number of anilines is 1. The largest absolute Gasteiger partial charge is 0.474 e. The maximum Gasteiger partial charge on any atom is 0.435 e. The summed E-state index contributed by atoms with van der Waals surface area (Å²) in [5, 5.41) is 20.4. The lowest BCUT2D eigenvalue weighted by Crippen LogP contribution is -2.35. The molecule has 1 unspecified atom stereocenters. The van der Waals surface area contributed by atoms with E-state index in [1.807, 2.05) is 39.3 Å². The molecule has 1 aliphatic rings. The van der Waals surface area contributed by atoms with Crippen molar-refractivity contribution >= 4 is 75.9 Å². The van der Waals surface area contributed by atoms with Gasteiger partial charge in [0.2, 0.25) is 5.91 Å². The maximum absolute atomic E-state index is 15.5. The van der Waals surface area contributed by atoms with Crippen LogP contribution in [0.15, 0.2) is 42.5 Å². The van der Waals surface area contributed by atoms with Gasteiger partial charge in [-0.15, -0.1) is 0 Å². The molecule has 1 aliphatic carbocycles. The van der Waals surface area contributed by atoms with E-state index in [4.69, 9.17) is 26.4 Å². The summed E-state index contributed by atoms with van der Waals surface area (Å²) in [4.78, 5) is 54.8. The number of carboxylic acids is 1. The summed E-state index contributed by atoms with van der Waals surface area (Å²) in [5.74, 6) is -12.5. The van der Waals surface area contributed by atoms with Crippen LogP contribution in [0.25, 0.3) is 22.0 Å². The second kappa shape index (κ2) is 23.2. The average Bonchev–Trinajstić information content (AvgIpc) is 3.93. The number of nitrogens with one attached hydrogen (secondary N) is 2. The monoisotopic (exact) mass is 1100 g/mol. The van der Waals surface area contributed by atoms with Crippen LogP contribution >= 0.6 is 35.3 Å². The number of thioether (sulfide) groups is 1. The van der Waals surface area contributed by atoms with Crippen molar-refractivity contribution in [2.45, 2.75) is 102 Å². The lowest BCUT2D eigenvalue weighted by atomic mass is 9.93. The number of ether oxygens (including phenoxy) is 1. The molecule has 0 fully saturated rings. The number of carbonyl (C=O) groups excluding carboxylic acids is 3. The van der Waals surface area contributed by atoms with Crippen molar-refractivity contribution in [3.8, 4) is 11.1 Å². The van der Waals surface area contributed by atoms with E-state index in [9.17, 15) is 54.3 Å². The van der Waals surface area contributed by atoms with E-state index in [-0.39, 0.29) is 54.2 Å². The zero-order chi connectivity index (χ0) is 54.5. The summed E-state index contributed by atoms with van der Waals surface area (Å²) in [7, 11) is 0. The highest BCUT2D eigenvalue weighted by Crippen LogP contribution is 2.50. The van der Waals surface area contributed by atoms with Crippen LogP contribution in [0, 0.1) is 17.6 Å². The smallest absolute Gasteiger partial charge is 0.435 e. The highest BCUT2D eigenvalue weighted by atomic mass is 35.5. The van der Waals surface area contributed by atoms with Gasteiger partial charge >= 0.3 is 30.3 Å². The fourth-order valence-corrected chi connectivity index (χ4v) is 8.95. The Morgan fingerprint density at radius 2 is 1.62 bits per heavy atom. The molecule has 0 saturated heterocycles. The first-order valence-corrected chi connectivity index (χ1v) is 25.0. The minimum atomic E-state index is -5.18. The van der Waals surface area contributed by atoms with Gasteiger partial charge in [-0.2, -0.15) is 61.4 Å². The normalized spacial score (nSPS) is 14.8. The van der Waals surface area contributed by atoms with Gasteiger partial charge in [-0.1, -0.05) is 58.4 Å². The number of hydrogen-bond acceptors (Lipinski definition) is 10. The molecule has 14 nitrogen and oxygen atoms in total. The number of aryl methyl sites for hydroxylation is 1. The number of rotatable bonds is 17. The zero-order valence-corrected chi connectivity index (χ0v) is 42.4. The lowest BCUT2D eigenvalue weighted by Gasteiger charge is -2.25. The zero-order valence-electron chi connectivity index (χ0n) is 40.0. The van der Waals surface area contributed by atoms with Gasteiger partial charge in [-0.05, 0) is 73.7 Å². The lowest BCUT2D eigenvalue weighted by molar-refractivity contribution is -0.150. The van der Waals surface area contributed by atoms with Crippen molar-refractivity contribution in [3.63, 3.8) is 0 Å². The van der Waals surface area contributed by atoms with Crippen molar-refractivity contribution in [2.24, 2.45) is 5.92 Å². The number of pyridine rings is 1. The molecular weight excluding hydrogens is 1050 g/mol. The number of benzene rings is 2. The Morgan fingerprint density at radius 1 is 0.973 bits per heavy atom. The van der Waals surface area contributed by atoms with E-state index < -0.39 is 128 Å². The summed E-state index contributed by atoms with van der Waals surface area (Å²) < 4.78 is 153. The van der Waals surface area contributed by atoms with Gasteiger partial charge in [0, 0.05) is 45.4 Å². The first kappa shape index (κ1) is 58.1. The molecule has 3 aromatic heterocycles. The van der Waals surface area contributed by atoms with E-state index >= 15 is 8.78 Å². The minimum absolute atomic E-state index is 0.0521. The number of nitrogens with zero attached hydrogens (tertiary/aromatic N) is 6. The molecule has 0 aliphatic heterocycles. The van der Waals surface area contributed by atoms with Crippen molar-refractivity contribution in [1.82, 2.24) is 35.2 Å². The van der Waals surface area contributed by atoms with E-state index in [0.29, 0.717) is 34.8 Å². The standard InChI is InChI=1S/C44H43ClF10N8O6S2.C2H6/c1-21-14-28-35(44(53,54)55)59-61(36(28)43(21,51)52)19-31(64)58-30(17-22-15-23(46)18-24(47)16-22)33-26(7-6-25(57-33)10-11-41(2,3)70-4)27-8-9-29(45)32-34(27)62(20-42(48,49)50)60-37(32)63(71-5)40(68)69-13-12-56-38(65)39(66)67;1-2/h6-9,15-16,18,21,30H,10-14,17,19-20H2,1-5H3,(H,56,65)(H,58,64)(H,66,67);1-2H3/t21-,30?;/m1./s1. The van der Waals surface area contributed by atoms with Crippen molar-refractivity contribution in [1.29, 1.82) is 0 Å². The van der Waals surface area contributed by atoms with Gasteiger partial charge in [0.1, 0.15) is 37.0 Å². The van der Waals surface area contributed by atoms with E-state index in [0.717, 1.165) is 23.4 Å². The molecule has 2 aromatic carbocycles. The molecule has 5 aromatic rings. The number of carboxylic acid groups (broad SMARTS) is 1. The van der Waals surface area contributed by atoms with E-state index in [1.54, 1.807) is 0 Å². The Kier molecular flexibility index (Phi) is 18.5. The first-order valence-electron chi connectivity index (χ1n) is 22.2. The summed E-state index contributed by atoms with van der Waals surface area (Å²) in [6, 6.07) is 6.31. The van der Waals surface area contributed by atoms with Crippen LogP contribution in [0.2, 0.25) is 5.02 Å². The fraction of sp³-hybridized carbons (Fsp3) is 0.457. The number of amides is 3. The van der Waals surface area contributed by atoms with Gasteiger partial charge in [0.15, 0.2) is 11.5 Å². The van der Waals surface area contributed by atoms with E-state index in [1.165, 1.54) is 42.3 Å². The minimum Gasteiger partial charge on any atom is -0.474 e. The van der Waals surface area contributed by atoms with Crippen LogP contribution < -0.4 is 14.9 Å². The van der Waals surface area contributed by atoms with E-state index in [2.05, 4.69) is 15.5 Å². The molecule has 0 spiro atoms. The van der Waals surface area contributed by atoms with Crippen LogP contribution in [0.3, 0.4) is 0 Å². The van der Waals surface area contributed by atoms with Gasteiger partial charge in [-0.25, -0.2) is 18.4 Å². The quantitative estimate of drug-likeness (QED) is 0.0350. The Hall–Kier alpha value is -5.76. The van der Waals surface area contributed by atoms with Crippen molar-refractivity contribution in [3.05, 3.63) is 93.0 Å². The SMILES string of the molecule is CC.CSN(C(=O)OCCNC(=O)C(=O)O)c1nn(CC(F)(F)F)c2c(-c3ccc(CCC(C)(C)SC)nc3C(Cc3cc(F)cc(F)c3)NC(=O)Cn3nc(C(F)(F)F)c4c3C(F)(F)[C@H](C)C4)ccc(Cl)c12. The molecule has 3 heterocycles. The summed E-state index contributed by atoms with van der Waals surface area (Å²) in [6.07, 6.45) is -8.69. The number of fused-ring (bicyclic) bond motifs is 2. The molecule has 0 radical (unpaired) electrons. The Morgan fingerprint density at radius 3 is 2.21 bits per heavy atom. The predicted octanol–water partition coefficient (Wildman–Crippen LogP) is 10.7. The predicted molar refractivity (Wildman–Crippen MR) is 254 cm³/mol. The van der Waals surface area contributed by atoms with Gasteiger partial charge in [0.05, 0.1) is 34.2 Å². The van der Waals surface area contributed by atoms with Crippen molar-refractivity contribution < 1.29 is 72.9 Å². The third kappa shape index (κ3) is 13.7. The topological polar surface area (TPSA) is 174 Å². The first-order chi connectivity index (χ1) is 34.0. The number of alkyl halides is 8. The molecule has 3 amide bonds. The fourth-order valence-electron chi connectivity index (χ4n) is 7.90. The second-order valence-corrected chi connectivity index (χ2v) is 19.6. The molecular formula is C46H49ClF10N8O6S2. The van der Waals surface area contributed by atoms with Gasteiger partial charge in [-0.3, -0.25) is 23.9 Å². The van der Waals surface area contributed by atoms with Crippen LogP contribution in [0.1, 0.15) is 81.0 Å². The van der Waals surface area contributed by atoms with Crippen LogP contribution in [0.5, 0.6) is 0 Å². The third-order valence-corrected chi connectivity index (χ3v) is 13.7. The summed E-state index contributed by atoms with van der Waals surface area (Å²) in [5.41, 5.74) is -4.01. The van der Waals surface area contributed by atoms with Crippen LogP contribution in [-0.4, -0.2) is 90.1 Å². The summed E-state index contributed by atoms with van der Waals surface area (Å²) >= 11 is 8.85. The highest BCUT2D eigenvalue weighted by molar-refractivity contribution is 8.00. The Labute approximate surface area is 425 Å². The average molecular weight is 1100 g/mol. The van der Waals surface area contributed by atoms with Crippen LogP contribution in [-0.2, 0) is 63.6 Å². The number of aliphatic carboxylic acids is 1. The molecule has 6 rings (SSSR count). The molecule has 3 N–H and O–H groups in total. The van der Waals surface area contributed by atoms with Gasteiger partial charge < -0.3 is 20.5 Å². The maximum atomic E-state index is 15.5. The molecule has 0 bridgehead atoms. The molecule has 27 heteroatoms. The number of aromatic nitrogens is 5. The van der Waals surface area contributed by atoms with Gasteiger partial charge in [0.25, 0.3) is 5.92 Å². The van der Waals surface area contributed by atoms with Crippen molar-refractivity contribution in [2.75, 3.05) is 30.0 Å². The highest BCUT2D eigenvalue weighted by Gasteiger charge is 2.54. The molecule has 0 saturated carbocycles. The Bertz CT molecular complexity index is 2840. The van der Waals surface area contributed by atoms with Crippen LogP contribution in [0.4, 0.5) is 54.5 Å². The molecule has 73 heavy (non-hydrogen) atoms. The second-order valence-electron chi connectivity index (χ2n) is 16.9. The third-order valence-electron chi connectivity index (χ3n) is 11.4. The molecule has 2 atom stereocenters. The number of hydrogen-bond donors (Lipinski definition) is 3. The Balaban J connectivity index is 0.00000488. The number of carbonyl (C=O) groups is 4. The number of halogens is 11.